The lowest BCUT2D eigenvalue weighted by Crippen LogP contribution is -2.63. The molecule has 2 aliphatic rings. The molecule has 0 saturated carbocycles. The van der Waals surface area contributed by atoms with Gasteiger partial charge in [-0.3, -0.25) is 4.90 Å². The molecule has 1 unspecified atom stereocenters. The van der Waals surface area contributed by atoms with Crippen molar-refractivity contribution in [1.29, 1.82) is 0 Å². The molecule has 0 amide bonds. The van der Waals surface area contributed by atoms with Gasteiger partial charge in [-0.15, -0.1) is 0 Å². The lowest BCUT2D eigenvalue weighted by Gasteiger charge is -2.42. The van der Waals surface area contributed by atoms with Crippen LogP contribution < -0.4 is 0 Å². The molecule has 0 aromatic rings. The Labute approximate surface area is 115 Å². The van der Waals surface area contributed by atoms with Crippen LogP contribution >= 0.6 is 0 Å². The first-order valence-corrected chi connectivity index (χ1v) is 6.12. The third kappa shape index (κ3) is 3.10. The fourth-order valence-electron chi connectivity index (χ4n) is 2.31. The number of hydrogen-bond donors (Lipinski definition) is 0. The monoisotopic (exact) mass is 326 g/mol. The van der Waals surface area contributed by atoms with Crippen molar-refractivity contribution in [3.63, 3.8) is 0 Å². The first-order valence-electron chi connectivity index (χ1n) is 6.12. The van der Waals surface area contributed by atoms with Gasteiger partial charge in [0.1, 0.15) is 0 Å². The smallest absolute Gasteiger partial charge is 0.337 e. The predicted molar refractivity (Wildman–Crippen MR) is 54.8 cm³/mol. The molecular weight excluding hydrogens is 313 g/mol. The highest BCUT2D eigenvalue weighted by Crippen LogP contribution is 2.43. The molecule has 124 valence electrons. The second-order valence-electron chi connectivity index (χ2n) is 4.69. The summed E-state index contributed by atoms with van der Waals surface area (Å²) in [5.74, 6) is -3.42. The van der Waals surface area contributed by atoms with E-state index in [2.05, 4.69) is 9.47 Å². The van der Waals surface area contributed by atoms with Gasteiger partial charge in [-0.2, -0.15) is 26.3 Å². The van der Waals surface area contributed by atoms with Gasteiger partial charge in [0.2, 0.25) is 6.30 Å². The van der Waals surface area contributed by atoms with Crippen molar-refractivity contribution in [1.82, 2.24) is 9.80 Å². The standard InChI is InChI=1S/C10H13F7N2O2/c11-7(8(9(12,13)14)20-5-6-21-8)18-1-3-19(4-2-18)10(15,16)17/h7H,1-6H2. The molecule has 2 aliphatic heterocycles. The second kappa shape index (κ2) is 5.52. The normalized spacial score (nSPS) is 27.0. The molecule has 0 radical (unpaired) electrons. The molecule has 2 fully saturated rings. The van der Waals surface area contributed by atoms with Gasteiger partial charge < -0.3 is 9.47 Å². The summed E-state index contributed by atoms with van der Waals surface area (Å²) in [4.78, 5) is 0.772. The highest BCUT2D eigenvalue weighted by molar-refractivity contribution is 4.92. The van der Waals surface area contributed by atoms with Gasteiger partial charge in [-0.05, 0) is 0 Å². The minimum Gasteiger partial charge on any atom is -0.337 e. The lowest BCUT2D eigenvalue weighted by molar-refractivity contribution is -0.381. The first-order chi connectivity index (χ1) is 9.58. The Hall–Kier alpha value is -0.650. The molecule has 0 spiro atoms. The van der Waals surface area contributed by atoms with Crippen LogP contribution in [0.2, 0.25) is 0 Å². The molecular formula is C10H13F7N2O2. The van der Waals surface area contributed by atoms with Gasteiger partial charge in [-0.1, -0.05) is 0 Å². The molecule has 21 heavy (non-hydrogen) atoms. The average molecular weight is 326 g/mol. The molecule has 2 heterocycles. The summed E-state index contributed by atoms with van der Waals surface area (Å²) in [7, 11) is 0. The molecule has 0 aromatic heterocycles. The van der Waals surface area contributed by atoms with Crippen LogP contribution in [-0.4, -0.2) is 73.8 Å². The maximum atomic E-state index is 14.2. The number of ether oxygens (including phenoxy) is 2. The van der Waals surface area contributed by atoms with Crippen molar-refractivity contribution in [2.75, 3.05) is 39.4 Å². The second-order valence-corrected chi connectivity index (χ2v) is 4.69. The molecule has 1 atom stereocenters. The maximum absolute atomic E-state index is 14.2. The Morgan fingerprint density at radius 3 is 1.71 bits per heavy atom. The Morgan fingerprint density at radius 1 is 0.857 bits per heavy atom. The largest absolute Gasteiger partial charge is 0.460 e. The number of rotatable bonds is 2. The summed E-state index contributed by atoms with van der Waals surface area (Å²) in [5, 5.41) is 0. The van der Waals surface area contributed by atoms with E-state index in [4.69, 9.17) is 0 Å². The number of halogens is 7. The minimum absolute atomic E-state index is 0.118. The van der Waals surface area contributed by atoms with Crippen molar-refractivity contribution in [2.24, 2.45) is 0 Å². The molecule has 2 saturated heterocycles. The predicted octanol–water partition coefficient (Wildman–Crippen LogP) is 1.72. The van der Waals surface area contributed by atoms with E-state index in [0.717, 1.165) is 0 Å². The summed E-state index contributed by atoms with van der Waals surface area (Å²) in [6.07, 6.45) is -12.4. The Bertz CT molecular complexity index is 359. The lowest BCUT2D eigenvalue weighted by atomic mass is 10.2. The van der Waals surface area contributed by atoms with Crippen LogP contribution in [0.5, 0.6) is 0 Å². The number of piperazine rings is 1. The Balaban J connectivity index is 2.05. The van der Waals surface area contributed by atoms with Gasteiger partial charge in [0, 0.05) is 26.2 Å². The third-order valence-electron chi connectivity index (χ3n) is 3.42. The summed E-state index contributed by atoms with van der Waals surface area (Å²) >= 11 is 0. The van der Waals surface area contributed by atoms with Crippen LogP contribution in [0.15, 0.2) is 0 Å². The quantitative estimate of drug-likeness (QED) is 0.570. The summed E-state index contributed by atoms with van der Waals surface area (Å²) in [6, 6.07) is 0. The van der Waals surface area contributed by atoms with Crippen LogP contribution in [-0.2, 0) is 9.47 Å². The maximum Gasteiger partial charge on any atom is 0.460 e. The number of nitrogens with zero attached hydrogens (tertiary/aromatic N) is 2. The van der Waals surface area contributed by atoms with Crippen molar-refractivity contribution in [3.05, 3.63) is 0 Å². The molecule has 11 heteroatoms. The topological polar surface area (TPSA) is 24.9 Å². The van der Waals surface area contributed by atoms with Gasteiger partial charge >= 0.3 is 18.3 Å². The van der Waals surface area contributed by atoms with Crippen LogP contribution in [0.1, 0.15) is 0 Å². The van der Waals surface area contributed by atoms with Gasteiger partial charge in [0.15, 0.2) is 0 Å². The van der Waals surface area contributed by atoms with E-state index in [9.17, 15) is 30.7 Å². The average Bonchev–Trinajstić information content (AvgIpc) is 2.87. The Kier molecular flexibility index (Phi) is 4.40. The summed E-state index contributed by atoms with van der Waals surface area (Å²) in [6.45, 7) is -3.10. The fourth-order valence-corrected chi connectivity index (χ4v) is 2.31. The fraction of sp³-hybridized carbons (Fsp3) is 1.00. The van der Waals surface area contributed by atoms with Crippen molar-refractivity contribution >= 4 is 0 Å². The van der Waals surface area contributed by atoms with E-state index in [1.54, 1.807) is 0 Å². The molecule has 0 N–H and O–H groups in total. The van der Waals surface area contributed by atoms with Crippen LogP contribution in [0.3, 0.4) is 0 Å². The Morgan fingerprint density at radius 2 is 1.33 bits per heavy atom. The zero-order valence-electron chi connectivity index (χ0n) is 10.7. The van der Waals surface area contributed by atoms with Gasteiger partial charge in [-0.25, -0.2) is 9.29 Å². The number of hydrogen-bond acceptors (Lipinski definition) is 4. The zero-order valence-corrected chi connectivity index (χ0v) is 10.7. The van der Waals surface area contributed by atoms with Gasteiger partial charge in [0.25, 0.3) is 0 Å². The molecule has 4 nitrogen and oxygen atoms in total. The highest BCUT2D eigenvalue weighted by Gasteiger charge is 2.67. The molecule has 2 rings (SSSR count). The number of alkyl halides is 7. The van der Waals surface area contributed by atoms with Crippen LogP contribution in [0.25, 0.3) is 0 Å². The molecule has 0 aliphatic carbocycles. The SMILES string of the molecule is FC(N1CCN(C(F)(F)F)CC1)C1(C(F)(F)F)OCCO1. The third-order valence-corrected chi connectivity index (χ3v) is 3.42. The van der Waals surface area contributed by atoms with E-state index in [1.165, 1.54) is 0 Å². The van der Waals surface area contributed by atoms with Crippen molar-refractivity contribution in [3.8, 4) is 0 Å². The first kappa shape index (κ1) is 16.7. The van der Waals surface area contributed by atoms with E-state index in [0.29, 0.717) is 4.90 Å². The van der Waals surface area contributed by atoms with E-state index < -0.39 is 64.0 Å². The minimum atomic E-state index is -5.12. The molecule has 0 aromatic carbocycles. The van der Waals surface area contributed by atoms with Crippen molar-refractivity contribution < 1.29 is 40.2 Å². The zero-order chi connectivity index (χ0) is 15.9. The summed E-state index contributed by atoms with van der Waals surface area (Å²) in [5.41, 5.74) is 0. The van der Waals surface area contributed by atoms with E-state index in [1.807, 2.05) is 0 Å². The molecule has 0 bridgehead atoms. The van der Waals surface area contributed by atoms with Crippen LogP contribution in [0, 0.1) is 0 Å². The van der Waals surface area contributed by atoms with E-state index in [-0.39, 0.29) is 4.90 Å². The van der Waals surface area contributed by atoms with Crippen molar-refractivity contribution in [2.45, 2.75) is 24.6 Å². The van der Waals surface area contributed by atoms with Gasteiger partial charge in [0.05, 0.1) is 13.2 Å². The highest BCUT2D eigenvalue weighted by atomic mass is 19.4. The van der Waals surface area contributed by atoms with Crippen LogP contribution in [0.4, 0.5) is 30.7 Å². The van der Waals surface area contributed by atoms with E-state index >= 15 is 0 Å². The summed E-state index contributed by atoms with van der Waals surface area (Å²) < 4.78 is 99.3.